The summed E-state index contributed by atoms with van der Waals surface area (Å²) in [7, 11) is 1.62. The Bertz CT molecular complexity index is 524. The third kappa shape index (κ3) is 3.37. The van der Waals surface area contributed by atoms with Gasteiger partial charge in [0.1, 0.15) is 5.58 Å². The molecule has 0 atom stereocenters. The number of methoxy groups -OCH3 is 1. The van der Waals surface area contributed by atoms with Crippen molar-refractivity contribution < 1.29 is 13.9 Å². The predicted molar refractivity (Wildman–Crippen MR) is 77.7 cm³/mol. The van der Waals surface area contributed by atoms with E-state index in [9.17, 15) is 4.79 Å². The molecule has 0 saturated heterocycles. The van der Waals surface area contributed by atoms with E-state index in [0.29, 0.717) is 32.0 Å². The molecule has 0 aliphatic carbocycles. The lowest BCUT2D eigenvalue weighted by Gasteiger charge is -2.20. The number of fused-ring (bicyclic) bond motifs is 1. The molecule has 1 amide bonds. The molecule has 0 bridgehead atoms. The first-order valence-electron chi connectivity index (χ1n) is 6.73. The molecular weight excluding hydrogens is 256 g/mol. The average molecular weight is 276 g/mol. The predicted octanol–water partition coefficient (Wildman–Crippen LogP) is 1.87. The van der Waals surface area contributed by atoms with Crippen LogP contribution < -0.4 is 5.73 Å². The summed E-state index contributed by atoms with van der Waals surface area (Å²) >= 11 is 0. The van der Waals surface area contributed by atoms with Crippen LogP contribution in [0.3, 0.4) is 0 Å². The Morgan fingerprint density at radius 2 is 2.15 bits per heavy atom. The van der Waals surface area contributed by atoms with Gasteiger partial charge in [-0.15, -0.1) is 0 Å². The van der Waals surface area contributed by atoms with E-state index in [1.54, 1.807) is 18.1 Å². The second-order valence-corrected chi connectivity index (χ2v) is 4.58. The van der Waals surface area contributed by atoms with Gasteiger partial charge in [0.2, 0.25) is 0 Å². The maximum Gasteiger partial charge on any atom is 0.289 e. The van der Waals surface area contributed by atoms with Gasteiger partial charge in [0.05, 0.1) is 6.61 Å². The fourth-order valence-electron chi connectivity index (χ4n) is 2.04. The Morgan fingerprint density at radius 3 is 2.85 bits per heavy atom. The first-order chi connectivity index (χ1) is 9.76. The van der Waals surface area contributed by atoms with Gasteiger partial charge >= 0.3 is 0 Å². The van der Waals surface area contributed by atoms with E-state index in [2.05, 4.69) is 0 Å². The van der Waals surface area contributed by atoms with Gasteiger partial charge < -0.3 is 19.8 Å². The summed E-state index contributed by atoms with van der Waals surface area (Å²) in [6.45, 7) is 2.19. The molecule has 0 aliphatic heterocycles. The lowest BCUT2D eigenvalue weighted by molar-refractivity contribution is 0.0666. The molecule has 5 heteroatoms. The molecule has 0 fully saturated rings. The van der Waals surface area contributed by atoms with Crippen molar-refractivity contribution in [1.82, 2.24) is 4.90 Å². The van der Waals surface area contributed by atoms with Crippen molar-refractivity contribution in [3.63, 3.8) is 0 Å². The van der Waals surface area contributed by atoms with Crippen molar-refractivity contribution >= 4 is 16.9 Å². The Hall–Kier alpha value is -1.85. The van der Waals surface area contributed by atoms with Crippen LogP contribution in [-0.4, -0.2) is 44.2 Å². The van der Waals surface area contributed by atoms with Crippen LogP contribution in [0.2, 0.25) is 0 Å². The number of furan rings is 1. The minimum Gasteiger partial charge on any atom is -0.451 e. The molecule has 0 saturated carbocycles. The number of nitrogens with zero attached hydrogens (tertiary/aromatic N) is 1. The summed E-state index contributed by atoms with van der Waals surface area (Å²) in [5, 5.41) is 0.932. The van der Waals surface area contributed by atoms with Crippen LogP contribution in [0.15, 0.2) is 34.7 Å². The minimum atomic E-state index is -0.119. The van der Waals surface area contributed by atoms with Crippen molar-refractivity contribution in [2.75, 3.05) is 33.4 Å². The number of rotatable bonds is 7. The lowest BCUT2D eigenvalue weighted by Crippen LogP contribution is -2.35. The zero-order valence-corrected chi connectivity index (χ0v) is 11.7. The number of hydrogen-bond acceptors (Lipinski definition) is 4. The summed E-state index contributed by atoms with van der Waals surface area (Å²) in [6, 6.07) is 9.36. The molecule has 1 aromatic heterocycles. The van der Waals surface area contributed by atoms with Crippen molar-refractivity contribution in [2.45, 2.75) is 6.42 Å². The SMILES string of the molecule is COCCN(CCCN)C(=O)c1cc2ccccc2o1. The van der Waals surface area contributed by atoms with Crippen LogP contribution in [-0.2, 0) is 4.74 Å². The first kappa shape index (κ1) is 14.6. The molecule has 1 aromatic carbocycles. The van der Waals surface area contributed by atoms with Gasteiger partial charge in [0.25, 0.3) is 5.91 Å². The Kier molecular flexibility index (Phi) is 5.15. The van der Waals surface area contributed by atoms with Crippen molar-refractivity contribution in [2.24, 2.45) is 5.73 Å². The maximum atomic E-state index is 12.5. The van der Waals surface area contributed by atoms with Crippen molar-refractivity contribution in [3.05, 3.63) is 36.1 Å². The molecule has 0 unspecified atom stereocenters. The van der Waals surface area contributed by atoms with Crippen LogP contribution in [0.1, 0.15) is 17.0 Å². The second-order valence-electron chi connectivity index (χ2n) is 4.58. The number of para-hydroxylation sites is 1. The van der Waals surface area contributed by atoms with Gasteiger partial charge in [-0.2, -0.15) is 0 Å². The zero-order chi connectivity index (χ0) is 14.4. The van der Waals surface area contributed by atoms with E-state index in [1.807, 2.05) is 24.3 Å². The first-order valence-corrected chi connectivity index (χ1v) is 6.73. The summed E-state index contributed by atoms with van der Waals surface area (Å²) in [6.07, 6.45) is 0.760. The number of carbonyl (C=O) groups excluding carboxylic acids is 1. The van der Waals surface area contributed by atoms with E-state index in [4.69, 9.17) is 14.9 Å². The third-order valence-electron chi connectivity index (χ3n) is 3.12. The fraction of sp³-hybridized carbons (Fsp3) is 0.400. The minimum absolute atomic E-state index is 0.119. The molecule has 0 radical (unpaired) electrons. The third-order valence-corrected chi connectivity index (χ3v) is 3.12. The lowest BCUT2D eigenvalue weighted by atomic mass is 10.2. The van der Waals surface area contributed by atoms with E-state index >= 15 is 0 Å². The summed E-state index contributed by atoms with van der Waals surface area (Å²) in [5.74, 6) is 0.242. The van der Waals surface area contributed by atoms with Crippen LogP contribution in [0, 0.1) is 0 Å². The molecule has 2 rings (SSSR count). The highest BCUT2D eigenvalue weighted by Gasteiger charge is 2.19. The number of nitrogens with two attached hydrogens (primary N) is 1. The van der Waals surface area contributed by atoms with Gasteiger partial charge in [-0.25, -0.2) is 0 Å². The molecule has 2 aromatic rings. The standard InChI is InChI=1S/C15H20N2O3/c1-19-10-9-17(8-4-7-16)15(18)14-11-12-5-2-3-6-13(12)20-14/h2-3,5-6,11H,4,7-10,16H2,1H3. The quantitative estimate of drug-likeness (QED) is 0.838. The number of hydrogen-bond donors (Lipinski definition) is 1. The highest BCUT2D eigenvalue weighted by atomic mass is 16.5. The molecule has 2 N–H and O–H groups in total. The molecular formula is C15H20N2O3. The Labute approximate surface area is 118 Å². The fourth-order valence-corrected chi connectivity index (χ4v) is 2.04. The normalized spacial score (nSPS) is 10.9. The van der Waals surface area contributed by atoms with Crippen molar-refractivity contribution in [3.8, 4) is 0 Å². The molecule has 1 heterocycles. The monoisotopic (exact) mass is 276 g/mol. The Morgan fingerprint density at radius 1 is 1.35 bits per heavy atom. The number of benzene rings is 1. The van der Waals surface area contributed by atoms with E-state index in [-0.39, 0.29) is 5.91 Å². The van der Waals surface area contributed by atoms with Gasteiger partial charge in [-0.3, -0.25) is 4.79 Å². The smallest absolute Gasteiger partial charge is 0.289 e. The highest BCUT2D eigenvalue weighted by molar-refractivity contribution is 5.96. The van der Waals surface area contributed by atoms with Crippen LogP contribution in [0.5, 0.6) is 0 Å². The molecule has 5 nitrogen and oxygen atoms in total. The van der Waals surface area contributed by atoms with Gasteiger partial charge in [-0.1, -0.05) is 18.2 Å². The van der Waals surface area contributed by atoms with Gasteiger partial charge in [0, 0.05) is 25.6 Å². The number of ether oxygens (including phenoxy) is 1. The van der Waals surface area contributed by atoms with Crippen LogP contribution in [0.4, 0.5) is 0 Å². The molecule has 108 valence electrons. The number of amides is 1. The second kappa shape index (κ2) is 7.07. The largest absolute Gasteiger partial charge is 0.451 e. The molecule has 0 aliphatic rings. The van der Waals surface area contributed by atoms with E-state index in [1.165, 1.54) is 0 Å². The average Bonchev–Trinajstić information content (AvgIpc) is 2.90. The van der Waals surface area contributed by atoms with Crippen LogP contribution >= 0.6 is 0 Å². The topological polar surface area (TPSA) is 68.7 Å². The molecule has 0 spiro atoms. The van der Waals surface area contributed by atoms with Gasteiger partial charge in [-0.05, 0) is 25.1 Å². The Balaban J connectivity index is 2.16. The number of carbonyl (C=O) groups is 1. The van der Waals surface area contributed by atoms with E-state index in [0.717, 1.165) is 17.4 Å². The zero-order valence-electron chi connectivity index (χ0n) is 11.7. The van der Waals surface area contributed by atoms with Gasteiger partial charge in [0.15, 0.2) is 5.76 Å². The summed E-state index contributed by atoms with van der Waals surface area (Å²) in [5.41, 5.74) is 6.24. The highest BCUT2D eigenvalue weighted by Crippen LogP contribution is 2.20. The summed E-state index contributed by atoms with van der Waals surface area (Å²) in [4.78, 5) is 14.2. The maximum absolute atomic E-state index is 12.5. The van der Waals surface area contributed by atoms with Crippen molar-refractivity contribution in [1.29, 1.82) is 0 Å². The van der Waals surface area contributed by atoms with Crippen LogP contribution in [0.25, 0.3) is 11.0 Å². The van der Waals surface area contributed by atoms with E-state index < -0.39 is 0 Å². The molecule has 20 heavy (non-hydrogen) atoms. The summed E-state index contributed by atoms with van der Waals surface area (Å²) < 4.78 is 10.6.